The SMILES string of the molecule is CC(O)CCCC(C)NC(C)S(=O)(=O)O. The summed E-state index contributed by atoms with van der Waals surface area (Å²) in [6.45, 7) is 4.98. The Kier molecular flexibility index (Phi) is 6.35. The summed E-state index contributed by atoms with van der Waals surface area (Å²) in [4.78, 5) is 0. The first-order valence-corrected chi connectivity index (χ1v) is 6.64. The van der Waals surface area contributed by atoms with Gasteiger partial charge in [0.1, 0.15) is 5.37 Å². The molecule has 0 aromatic heterocycles. The Morgan fingerprint density at radius 3 is 2.13 bits per heavy atom. The lowest BCUT2D eigenvalue weighted by atomic mass is 10.1. The van der Waals surface area contributed by atoms with E-state index < -0.39 is 15.5 Å². The first kappa shape index (κ1) is 14.8. The Morgan fingerprint density at radius 2 is 1.73 bits per heavy atom. The summed E-state index contributed by atoms with van der Waals surface area (Å²) in [5.74, 6) is 0. The molecule has 0 fully saturated rings. The molecule has 92 valence electrons. The van der Waals surface area contributed by atoms with Gasteiger partial charge in [0.15, 0.2) is 0 Å². The molecule has 5 nitrogen and oxygen atoms in total. The average molecular weight is 239 g/mol. The average Bonchev–Trinajstić information content (AvgIpc) is 2.01. The Bertz CT molecular complexity index is 263. The smallest absolute Gasteiger partial charge is 0.280 e. The molecule has 0 aromatic rings. The summed E-state index contributed by atoms with van der Waals surface area (Å²) >= 11 is 0. The summed E-state index contributed by atoms with van der Waals surface area (Å²) in [7, 11) is -4.00. The van der Waals surface area contributed by atoms with E-state index in [9.17, 15) is 8.42 Å². The molecule has 3 unspecified atom stereocenters. The molecule has 0 aliphatic carbocycles. The fourth-order valence-electron chi connectivity index (χ4n) is 1.29. The summed E-state index contributed by atoms with van der Waals surface area (Å²) < 4.78 is 30.1. The lowest BCUT2D eigenvalue weighted by Crippen LogP contribution is -2.39. The Morgan fingerprint density at radius 1 is 1.20 bits per heavy atom. The number of hydrogen-bond donors (Lipinski definition) is 3. The van der Waals surface area contributed by atoms with Gasteiger partial charge >= 0.3 is 0 Å². The fraction of sp³-hybridized carbons (Fsp3) is 1.00. The molecular formula is C9H21NO4S. The summed E-state index contributed by atoms with van der Waals surface area (Å²) in [5, 5.41) is 10.8. The second-order valence-corrected chi connectivity index (χ2v) is 5.74. The van der Waals surface area contributed by atoms with E-state index in [4.69, 9.17) is 9.66 Å². The summed E-state index contributed by atoms with van der Waals surface area (Å²) in [6, 6.07) is 0.000625. The number of hydrogen-bond acceptors (Lipinski definition) is 4. The predicted molar refractivity (Wildman–Crippen MR) is 59.1 cm³/mol. The van der Waals surface area contributed by atoms with Crippen molar-refractivity contribution < 1.29 is 18.1 Å². The maximum Gasteiger partial charge on any atom is 0.280 e. The van der Waals surface area contributed by atoms with Gasteiger partial charge in [-0.3, -0.25) is 9.87 Å². The number of rotatable bonds is 7. The van der Waals surface area contributed by atoms with Gasteiger partial charge in [-0.05, 0) is 40.0 Å². The molecule has 0 aliphatic rings. The van der Waals surface area contributed by atoms with Crippen molar-refractivity contribution in [3.05, 3.63) is 0 Å². The van der Waals surface area contributed by atoms with Gasteiger partial charge in [-0.2, -0.15) is 8.42 Å². The van der Waals surface area contributed by atoms with E-state index in [0.29, 0.717) is 6.42 Å². The van der Waals surface area contributed by atoms with Crippen LogP contribution in [0, 0.1) is 0 Å². The van der Waals surface area contributed by atoms with Gasteiger partial charge in [-0.15, -0.1) is 0 Å². The molecule has 15 heavy (non-hydrogen) atoms. The highest BCUT2D eigenvalue weighted by molar-refractivity contribution is 7.86. The zero-order chi connectivity index (χ0) is 12.1. The van der Waals surface area contributed by atoms with Crippen LogP contribution in [0.15, 0.2) is 0 Å². The lowest BCUT2D eigenvalue weighted by Gasteiger charge is -2.17. The number of nitrogens with one attached hydrogen (secondary N) is 1. The van der Waals surface area contributed by atoms with Crippen molar-refractivity contribution in [1.29, 1.82) is 0 Å². The standard InChI is InChI=1S/C9H21NO4S/c1-7(5-4-6-8(2)11)10-9(3)15(12,13)14/h7-11H,4-6H2,1-3H3,(H,12,13,14). The van der Waals surface area contributed by atoms with Crippen molar-refractivity contribution in [2.45, 2.75) is 57.6 Å². The molecular weight excluding hydrogens is 218 g/mol. The van der Waals surface area contributed by atoms with Crippen LogP contribution >= 0.6 is 0 Å². The zero-order valence-corrected chi connectivity index (χ0v) is 10.3. The Balaban J connectivity index is 3.79. The highest BCUT2D eigenvalue weighted by atomic mass is 32.2. The molecule has 3 atom stereocenters. The van der Waals surface area contributed by atoms with E-state index in [1.807, 2.05) is 6.92 Å². The molecule has 0 bridgehead atoms. The minimum absolute atomic E-state index is 0.000625. The molecule has 0 spiro atoms. The van der Waals surface area contributed by atoms with E-state index in [1.54, 1.807) is 6.92 Å². The lowest BCUT2D eigenvalue weighted by molar-refractivity contribution is 0.179. The highest BCUT2D eigenvalue weighted by Crippen LogP contribution is 2.05. The van der Waals surface area contributed by atoms with Crippen LogP contribution in [-0.2, 0) is 10.1 Å². The number of aliphatic hydroxyl groups is 1. The van der Waals surface area contributed by atoms with Gasteiger partial charge in [0.05, 0.1) is 6.10 Å². The predicted octanol–water partition coefficient (Wildman–Crippen LogP) is 0.749. The van der Waals surface area contributed by atoms with Crippen LogP contribution < -0.4 is 5.32 Å². The topological polar surface area (TPSA) is 86.6 Å². The normalized spacial score (nSPS) is 18.5. The third-order valence-electron chi connectivity index (χ3n) is 2.23. The first-order chi connectivity index (χ1) is 6.73. The van der Waals surface area contributed by atoms with E-state index in [2.05, 4.69) is 5.32 Å². The maximum atomic E-state index is 10.7. The van der Waals surface area contributed by atoms with Crippen LogP contribution in [0.4, 0.5) is 0 Å². The molecule has 0 heterocycles. The van der Waals surface area contributed by atoms with Crippen LogP contribution in [0.1, 0.15) is 40.0 Å². The van der Waals surface area contributed by atoms with Crippen LogP contribution in [0.3, 0.4) is 0 Å². The second kappa shape index (κ2) is 6.42. The third-order valence-corrected chi connectivity index (χ3v) is 3.25. The van der Waals surface area contributed by atoms with Crippen molar-refractivity contribution in [2.24, 2.45) is 0 Å². The summed E-state index contributed by atoms with van der Waals surface area (Å²) in [5.41, 5.74) is 0. The van der Waals surface area contributed by atoms with Gasteiger partial charge < -0.3 is 5.11 Å². The molecule has 0 rings (SSSR count). The quantitative estimate of drug-likeness (QED) is 0.571. The zero-order valence-electron chi connectivity index (χ0n) is 9.47. The Labute approximate surface area is 91.6 Å². The minimum Gasteiger partial charge on any atom is -0.393 e. The molecule has 6 heteroatoms. The van der Waals surface area contributed by atoms with E-state index >= 15 is 0 Å². The molecule has 0 saturated carbocycles. The van der Waals surface area contributed by atoms with E-state index in [1.165, 1.54) is 6.92 Å². The third kappa shape index (κ3) is 7.72. The molecule has 0 amide bonds. The van der Waals surface area contributed by atoms with Crippen molar-refractivity contribution in [3.63, 3.8) is 0 Å². The first-order valence-electron chi connectivity index (χ1n) is 5.14. The van der Waals surface area contributed by atoms with Crippen molar-refractivity contribution in [2.75, 3.05) is 0 Å². The van der Waals surface area contributed by atoms with Crippen molar-refractivity contribution in [1.82, 2.24) is 5.32 Å². The van der Waals surface area contributed by atoms with Crippen LogP contribution in [-0.4, -0.2) is 35.6 Å². The Hall–Kier alpha value is -0.170. The van der Waals surface area contributed by atoms with Gasteiger partial charge in [-0.25, -0.2) is 0 Å². The molecule has 0 radical (unpaired) electrons. The van der Waals surface area contributed by atoms with E-state index in [0.717, 1.165) is 12.8 Å². The highest BCUT2D eigenvalue weighted by Gasteiger charge is 2.18. The van der Waals surface area contributed by atoms with Gasteiger partial charge in [-0.1, -0.05) is 0 Å². The molecule has 3 N–H and O–H groups in total. The van der Waals surface area contributed by atoms with Gasteiger partial charge in [0, 0.05) is 6.04 Å². The van der Waals surface area contributed by atoms with E-state index in [-0.39, 0.29) is 12.1 Å². The van der Waals surface area contributed by atoms with Crippen LogP contribution in [0.2, 0.25) is 0 Å². The maximum absolute atomic E-state index is 10.7. The van der Waals surface area contributed by atoms with Gasteiger partial charge in [0.25, 0.3) is 10.1 Å². The second-order valence-electron chi connectivity index (χ2n) is 4.00. The monoisotopic (exact) mass is 239 g/mol. The largest absolute Gasteiger partial charge is 0.393 e. The van der Waals surface area contributed by atoms with Crippen molar-refractivity contribution in [3.8, 4) is 0 Å². The molecule has 0 aliphatic heterocycles. The van der Waals surface area contributed by atoms with Crippen LogP contribution in [0.25, 0.3) is 0 Å². The molecule has 0 aromatic carbocycles. The van der Waals surface area contributed by atoms with Gasteiger partial charge in [0.2, 0.25) is 0 Å². The van der Waals surface area contributed by atoms with Crippen LogP contribution in [0.5, 0.6) is 0 Å². The van der Waals surface area contributed by atoms with Crippen molar-refractivity contribution >= 4 is 10.1 Å². The molecule has 0 saturated heterocycles. The number of aliphatic hydroxyl groups excluding tert-OH is 1. The fourth-order valence-corrected chi connectivity index (χ4v) is 1.69. The summed E-state index contributed by atoms with van der Waals surface area (Å²) in [6.07, 6.45) is 1.97. The minimum atomic E-state index is -4.00.